The average Bonchev–Trinajstić information content (AvgIpc) is 2.59. The molecule has 22 heavy (non-hydrogen) atoms. The van der Waals surface area contributed by atoms with Crippen LogP contribution in [0.3, 0.4) is 0 Å². The topological polar surface area (TPSA) is 42.3 Å². The molecule has 0 saturated heterocycles. The van der Waals surface area contributed by atoms with Gasteiger partial charge in [-0.15, -0.1) is 4.91 Å². The summed E-state index contributed by atoms with van der Waals surface area (Å²) in [7, 11) is 0. The summed E-state index contributed by atoms with van der Waals surface area (Å²) in [5, 5.41) is 3.35. The van der Waals surface area contributed by atoms with Gasteiger partial charge in [0, 0.05) is 12.4 Å². The van der Waals surface area contributed by atoms with Crippen LogP contribution in [0.25, 0.3) is 0 Å². The molecule has 0 N–H and O–H groups in total. The fourth-order valence-corrected chi connectivity index (χ4v) is 2.62. The monoisotopic (exact) mass is 288 g/mol. The molecular weight excluding hydrogens is 272 g/mol. The Hall–Kier alpha value is -2.81. The van der Waals surface area contributed by atoms with Crippen molar-refractivity contribution in [3.05, 3.63) is 106 Å². The van der Waals surface area contributed by atoms with Gasteiger partial charge in [-0.3, -0.25) is 4.98 Å². The van der Waals surface area contributed by atoms with Gasteiger partial charge in [0.1, 0.15) is 6.04 Å². The Bertz CT molecular complexity index is 742. The number of benzene rings is 2. The fourth-order valence-electron chi connectivity index (χ4n) is 2.62. The lowest BCUT2D eigenvalue weighted by atomic mass is 9.92. The fraction of sp³-hybridized carbons (Fsp3) is 0.105. The number of rotatable bonds is 5. The minimum atomic E-state index is -0.497. The predicted molar refractivity (Wildman–Crippen MR) is 87.6 cm³/mol. The molecule has 0 spiro atoms. The first-order valence-electron chi connectivity index (χ1n) is 7.22. The molecule has 3 rings (SSSR count). The minimum Gasteiger partial charge on any atom is -0.265 e. The van der Waals surface area contributed by atoms with Crippen molar-refractivity contribution in [3.63, 3.8) is 0 Å². The zero-order chi connectivity index (χ0) is 15.2. The number of hydrogen-bond donors (Lipinski definition) is 0. The van der Waals surface area contributed by atoms with E-state index in [9.17, 15) is 4.91 Å². The molecule has 3 aromatic rings. The molecule has 1 atom stereocenters. The standard InChI is InChI=1S/C19H16N2O/c22-21-19(16-10-12-20-13-11-16)18-9-5-4-8-17(18)14-15-6-2-1-3-7-15/h1-13,19H,14H2. The molecule has 0 saturated carbocycles. The van der Waals surface area contributed by atoms with Gasteiger partial charge in [-0.1, -0.05) is 59.8 Å². The molecule has 0 fully saturated rings. The maximum absolute atomic E-state index is 11.4. The van der Waals surface area contributed by atoms with Crippen LogP contribution in [0.2, 0.25) is 0 Å². The van der Waals surface area contributed by atoms with Gasteiger partial charge in [0.05, 0.1) is 0 Å². The highest BCUT2D eigenvalue weighted by atomic mass is 16.3. The van der Waals surface area contributed by atoms with Crippen molar-refractivity contribution < 1.29 is 0 Å². The largest absolute Gasteiger partial charge is 0.265 e. The van der Waals surface area contributed by atoms with Gasteiger partial charge in [-0.2, -0.15) is 0 Å². The van der Waals surface area contributed by atoms with Crippen LogP contribution < -0.4 is 0 Å². The second kappa shape index (κ2) is 6.76. The smallest absolute Gasteiger partial charge is 0.142 e. The Labute approximate surface area is 129 Å². The van der Waals surface area contributed by atoms with Crippen LogP contribution in [0.1, 0.15) is 28.3 Å². The molecule has 0 aliphatic rings. The zero-order valence-electron chi connectivity index (χ0n) is 12.1. The highest BCUT2D eigenvalue weighted by Gasteiger charge is 2.17. The van der Waals surface area contributed by atoms with Crippen LogP contribution in [0.5, 0.6) is 0 Å². The summed E-state index contributed by atoms with van der Waals surface area (Å²) in [6.45, 7) is 0. The van der Waals surface area contributed by atoms with Crippen LogP contribution in [0.4, 0.5) is 0 Å². The third-order valence-corrected chi connectivity index (χ3v) is 3.71. The van der Waals surface area contributed by atoms with E-state index in [2.05, 4.69) is 28.4 Å². The third-order valence-electron chi connectivity index (χ3n) is 3.71. The van der Waals surface area contributed by atoms with Crippen LogP contribution in [0.15, 0.2) is 84.3 Å². The van der Waals surface area contributed by atoms with Gasteiger partial charge in [0.15, 0.2) is 0 Å². The number of nitrogens with zero attached hydrogens (tertiary/aromatic N) is 2. The lowest BCUT2D eigenvalue weighted by Gasteiger charge is -2.15. The van der Waals surface area contributed by atoms with E-state index in [1.54, 1.807) is 12.4 Å². The van der Waals surface area contributed by atoms with Crippen molar-refractivity contribution in [2.45, 2.75) is 12.5 Å². The van der Waals surface area contributed by atoms with E-state index in [0.717, 1.165) is 23.1 Å². The molecule has 108 valence electrons. The lowest BCUT2D eigenvalue weighted by molar-refractivity contribution is 0.843. The van der Waals surface area contributed by atoms with Crippen molar-refractivity contribution in [1.82, 2.24) is 4.98 Å². The number of hydrogen-bond acceptors (Lipinski definition) is 3. The molecule has 0 radical (unpaired) electrons. The zero-order valence-corrected chi connectivity index (χ0v) is 12.1. The summed E-state index contributed by atoms with van der Waals surface area (Å²) >= 11 is 0. The van der Waals surface area contributed by atoms with Crippen LogP contribution in [-0.2, 0) is 6.42 Å². The summed E-state index contributed by atoms with van der Waals surface area (Å²) < 4.78 is 0. The first kappa shape index (κ1) is 14.1. The highest BCUT2D eigenvalue weighted by molar-refractivity contribution is 5.39. The molecule has 3 nitrogen and oxygen atoms in total. The molecule has 2 aromatic carbocycles. The summed E-state index contributed by atoms with van der Waals surface area (Å²) in [5.74, 6) is 0. The van der Waals surface area contributed by atoms with Crippen LogP contribution >= 0.6 is 0 Å². The molecule has 3 heteroatoms. The van der Waals surface area contributed by atoms with Gasteiger partial charge in [0.2, 0.25) is 0 Å². The van der Waals surface area contributed by atoms with E-state index in [0.29, 0.717) is 0 Å². The number of nitroso groups, excluding NO2 is 1. The molecular formula is C19H16N2O. The quantitative estimate of drug-likeness (QED) is 0.647. The van der Waals surface area contributed by atoms with Crippen molar-refractivity contribution >= 4 is 0 Å². The van der Waals surface area contributed by atoms with E-state index in [4.69, 9.17) is 0 Å². The Morgan fingerprint density at radius 3 is 2.27 bits per heavy atom. The normalized spacial score (nSPS) is 11.8. The van der Waals surface area contributed by atoms with Gasteiger partial charge >= 0.3 is 0 Å². The lowest BCUT2D eigenvalue weighted by Crippen LogP contribution is -2.03. The summed E-state index contributed by atoms with van der Waals surface area (Å²) in [6, 6.07) is 21.4. The Balaban J connectivity index is 1.98. The number of pyridine rings is 1. The van der Waals surface area contributed by atoms with Crippen molar-refractivity contribution in [3.8, 4) is 0 Å². The van der Waals surface area contributed by atoms with Crippen molar-refractivity contribution in [1.29, 1.82) is 0 Å². The Morgan fingerprint density at radius 2 is 1.55 bits per heavy atom. The molecule has 0 bridgehead atoms. The van der Waals surface area contributed by atoms with Gasteiger partial charge < -0.3 is 0 Å². The highest BCUT2D eigenvalue weighted by Crippen LogP contribution is 2.29. The molecule has 1 aromatic heterocycles. The molecule has 1 unspecified atom stereocenters. The van der Waals surface area contributed by atoms with Crippen molar-refractivity contribution in [2.24, 2.45) is 5.18 Å². The SMILES string of the molecule is O=NC(c1ccncc1)c1ccccc1Cc1ccccc1. The first-order chi connectivity index (χ1) is 10.9. The predicted octanol–water partition coefficient (Wildman–Crippen LogP) is 4.53. The maximum atomic E-state index is 11.4. The van der Waals surface area contributed by atoms with E-state index in [1.807, 2.05) is 48.5 Å². The Morgan fingerprint density at radius 1 is 0.864 bits per heavy atom. The second-order valence-corrected chi connectivity index (χ2v) is 5.15. The maximum Gasteiger partial charge on any atom is 0.142 e. The molecule has 0 aliphatic heterocycles. The number of aromatic nitrogens is 1. The van der Waals surface area contributed by atoms with Crippen LogP contribution in [0, 0.1) is 4.91 Å². The van der Waals surface area contributed by atoms with E-state index >= 15 is 0 Å². The summed E-state index contributed by atoms with van der Waals surface area (Å²) in [4.78, 5) is 15.4. The molecule has 0 amide bonds. The average molecular weight is 288 g/mol. The molecule has 1 heterocycles. The van der Waals surface area contributed by atoms with Gasteiger partial charge in [0.25, 0.3) is 0 Å². The van der Waals surface area contributed by atoms with Gasteiger partial charge in [-0.05, 0) is 40.8 Å². The summed E-state index contributed by atoms with van der Waals surface area (Å²) in [6.07, 6.45) is 4.16. The first-order valence-corrected chi connectivity index (χ1v) is 7.22. The van der Waals surface area contributed by atoms with Gasteiger partial charge in [-0.25, -0.2) is 0 Å². The van der Waals surface area contributed by atoms with E-state index < -0.39 is 6.04 Å². The van der Waals surface area contributed by atoms with E-state index in [1.165, 1.54) is 5.56 Å². The van der Waals surface area contributed by atoms with E-state index in [-0.39, 0.29) is 0 Å². The minimum absolute atomic E-state index is 0.497. The van der Waals surface area contributed by atoms with Crippen LogP contribution in [-0.4, -0.2) is 4.98 Å². The Kier molecular flexibility index (Phi) is 4.35. The summed E-state index contributed by atoms with van der Waals surface area (Å²) in [5.41, 5.74) is 4.16. The van der Waals surface area contributed by atoms with Crippen molar-refractivity contribution in [2.75, 3.05) is 0 Å². The second-order valence-electron chi connectivity index (χ2n) is 5.15. The molecule has 0 aliphatic carbocycles. The third kappa shape index (κ3) is 3.09.